The first-order chi connectivity index (χ1) is 12.9. The van der Waals surface area contributed by atoms with Crippen LogP contribution in [0.25, 0.3) is 0 Å². The van der Waals surface area contributed by atoms with Crippen LogP contribution in [0.1, 0.15) is 36.2 Å². The minimum absolute atomic E-state index is 0.0807. The predicted octanol–water partition coefficient (Wildman–Crippen LogP) is 2.48. The Bertz CT molecular complexity index is 801. The maximum atomic E-state index is 12.4. The Labute approximate surface area is 161 Å². The average molecular weight is 370 g/mol. The third-order valence-electron chi connectivity index (χ3n) is 5.73. The van der Waals surface area contributed by atoms with Gasteiger partial charge in [-0.05, 0) is 31.9 Å². The summed E-state index contributed by atoms with van der Waals surface area (Å²) in [7, 11) is 5.55. The molecule has 1 amide bonds. The molecule has 1 aliphatic heterocycles. The highest BCUT2D eigenvalue weighted by Gasteiger charge is 2.39. The zero-order valence-electron chi connectivity index (χ0n) is 16.9. The van der Waals surface area contributed by atoms with Crippen molar-refractivity contribution in [2.24, 2.45) is 13.0 Å². The minimum atomic E-state index is 0.0807. The molecule has 3 rings (SSSR count). The zero-order chi connectivity index (χ0) is 19.6. The number of methoxy groups -OCH3 is 1. The van der Waals surface area contributed by atoms with Crippen LogP contribution in [0.3, 0.4) is 0 Å². The fourth-order valence-corrected chi connectivity index (χ4v) is 4.03. The molecule has 3 atom stereocenters. The first-order valence-corrected chi connectivity index (χ1v) is 9.51. The van der Waals surface area contributed by atoms with Crippen molar-refractivity contribution in [1.82, 2.24) is 20.0 Å². The van der Waals surface area contributed by atoms with Gasteiger partial charge in [0.05, 0.1) is 19.3 Å². The van der Waals surface area contributed by atoms with Crippen LogP contribution in [0.2, 0.25) is 0 Å². The minimum Gasteiger partial charge on any atom is -0.496 e. The van der Waals surface area contributed by atoms with E-state index in [2.05, 4.69) is 30.3 Å². The summed E-state index contributed by atoms with van der Waals surface area (Å²) in [6.07, 6.45) is 3.36. The van der Waals surface area contributed by atoms with E-state index in [1.807, 2.05) is 48.1 Å². The summed E-state index contributed by atoms with van der Waals surface area (Å²) in [6.45, 7) is 5.04. The summed E-state index contributed by atoms with van der Waals surface area (Å²) in [6, 6.07) is 8.49. The molecule has 1 saturated heterocycles. The Balaban J connectivity index is 1.67. The molecule has 6 heteroatoms. The lowest BCUT2D eigenvalue weighted by Crippen LogP contribution is -2.35. The Morgan fingerprint density at radius 3 is 2.74 bits per heavy atom. The molecule has 1 fully saturated rings. The number of nitrogens with one attached hydrogen (secondary N) is 1. The standard InChI is InChI=1S/C21H30N4O2/c1-14(10-16-8-6-7-9-19(16)27-5)22-12-17-11-20(26)24(3)21(17)18-13-23-25(4)15(18)2/h6-9,13-14,17,21-22H,10-12H2,1-5H3/t14-,17+,21-/m1/s1. The molecule has 0 aliphatic carbocycles. The molecular formula is C21H30N4O2. The second-order valence-corrected chi connectivity index (χ2v) is 7.55. The van der Waals surface area contributed by atoms with E-state index in [0.717, 1.165) is 30.0 Å². The second-order valence-electron chi connectivity index (χ2n) is 7.55. The van der Waals surface area contributed by atoms with Crippen molar-refractivity contribution in [2.75, 3.05) is 20.7 Å². The van der Waals surface area contributed by atoms with Crippen molar-refractivity contribution >= 4 is 5.91 Å². The van der Waals surface area contributed by atoms with Gasteiger partial charge in [0.15, 0.2) is 0 Å². The lowest BCUT2D eigenvalue weighted by atomic mass is 9.93. The SMILES string of the molecule is COc1ccccc1C[C@@H](C)NC[C@@H]1CC(=O)N(C)[C@H]1c1cnn(C)c1C. The number of benzene rings is 1. The number of aromatic nitrogens is 2. The molecule has 1 N–H and O–H groups in total. The molecular weight excluding hydrogens is 340 g/mol. The van der Waals surface area contributed by atoms with Crippen molar-refractivity contribution in [3.8, 4) is 5.75 Å². The summed E-state index contributed by atoms with van der Waals surface area (Å²) in [4.78, 5) is 14.2. The van der Waals surface area contributed by atoms with E-state index in [1.165, 1.54) is 5.56 Å². The van der Waals surface area contributed by atoms with E-state index >= 15 is 0 Å². The van der Waals surface area contributed by atoms with Gasteiger partial charge in [-0.1, -0.05) is 18.2 Å². The fraction of sp³-hybridized carbons (Fsp3) is 0.524. The van der Waals surface area contributed by atoms with Crippen LogP contribution in [0.5, 0.6) is 5.75 Å². The van der Waals surface area contributed by atoms with Crippen molar-refractivity contribution in [3.63, 3.8) is 0 Å². The van der Waals surface area contributed by atoms with Gasteiger partial charge in [-0.15, -0.1) is 0 Å². The van der Waals surface area contributed by atoms with Gasteiger partial charge in [-0.2, -0.15) is 5.10 Å². The monoisotopic (exact) mass is 370 g/mol. The highest BCUT2D eigenvalue weighted by molar-refractivity contribution is 5.79. The van der Waals surface area contributed by atoms with Gasteiger partial charge in [0.25, 0.3) is 0 Å². The van der Waals surface area contributed by atoms with E-state index in [9.17, 15) is 4.79 Å². The van der Waals surface area contributed by atoms with Gasteiger partial charge >= 0.3 is 0 Å². The number of para-hydroxylation sites is 1. The number of amides is 1. The van der Waals surface area contributed by atoms with Crippen LogP contribution in [0.4, 0.5) is 0 Å². The van der Waals surface area contributed by atoms with Gasteiger partial charge in [0.2, 0.25) is 5.91 Å². The van der Waals surface area contributed by atoms with Crippen LogP contribution >= 0.6 is 0 Å². The molecule has 0 spiro atoms. The normalized spacial score (nSPS) is 20.9. The van der Waals surface area contributed by atoms with Gasteiger partial charge in [0, 0.05) is 50.3 Å². The van der Waals surface area contributed by atoms with Crippen LogP contribution < -0.4 is 10.1 Å². The molecule has 0 radical (unpaired) electrons. The molecule has 2 aromatic rings. The Hall–Kier alpha value is -2.34. The number of carbonyl (C=O) groups is 1. The highest BCUT2D eigenvalue weighted by Crippen LogP contribution is 2.37. The first-order valence-electron chi connectivity index (χ1n) is 9.51. The fourth-order valence-electron chi connectivity index (χ4n) is 4.03. The third kappa shape index (κ3) is 4.00. The van der Waals surface area contributed by atoms with Crippen LogP contribution in [-0.2, 0) is 18.3 Å². The molecule has 6 nitrogen and oxygen atoms in total. The van der Waals surface area contributed by atoms with Crippen LogP contribution in [0.15, 0.2) is 30.5 Å². The quantitative estimate of drug-likeness (QED) is 0.813. The molecule has 0 unspecified atom stereocenters. The molecule has 2 heterocycles. The lowest BCUT2D eigenvalue weighted by Gasteiger charge is -2.26. The summed E-state index contributed by atoms with van der Waals surface area (Å²) in [5.41, 5.74) is 3.46. The van der Waals surface area contributed by atoms with Crippen LogP contribution in [0, 0.1) is 12.8 Å². The summed E-state index contributed by atoms with van der Waals surface area (Å²) >= 11 is 0. The third-order valence-corrected chi connectivity index (χ3v) is 5.73. The molecule has 0 bridgehead atoms. The van der Waals surface area contributed by atoms with Gasteiger partial charge in [0.1, 0.15) is 5.75 Å². The Kier molecular flexibility index (Phi) is 5.85. The smallest absolute Gasteiger partial charge is 0.223 e. The summed E-state index contributed by atoms with van der Waals surface area (Å²) in [5.74, 6) is 1.36. The summed E-state index contributed by atoms with van der Waals surface area (Å²) < 4.78 is 7.33. The average Bonchev–Trinajstić information content (AvgIpc) is 3.13. The van der Waals surface area contributed by atoms with Gasteiger partial charge in [-0.3, -0.25) is 9.48 Å². The van der Waals surface area contributed by atoms with E-state index in [-0.39, 0.29) is 23.9 Å². The van der Waals surface area contributed by atoms with Crippen molar-refractivity contribution in [1.29, 1.82) is 0 Å². The largest absolute Gasteiger partial charge is 0.496 e. The molecule has 0 saturated carbocycles. The highest BCUT2D eigenvalue weighted by atomic mass is 16.5. The topological polar surface area (TPSA) is 59.4 Å². The number of hydrogen-bond acceptors (Lipinski definition) is 4. The lowest BCUT2D eigenvalue weighted by molar-refractivity contribution is -0.127. The van der Waals surface area contributed by atoms with Crippen molar-refractivity contribution < 1.29 is 9.53 Å². The maximum Gasteiger partial charge on any atom is 0.223 e. The van der Waals surface area contributed by atoms with Crippen molar-refractivity contribution in [2.45, 2.75) is 38.8 Å². The number of nitrogens with zero attached hydrogens (tertiary/aromatic N) is 3. The molecule has 1 aliphatic rings. The zero-order valence-corrected chi connectivity index (χ0v) is 16.9. The maximum absolute atomic E-state index is 12.4. The van der Waals surface area contributed by atoms with E-state index < -0.39 is 0 Å². The molecule has 27 heavy (non-hydrogen) atoms. The second kappa shape index (κ2) is 8.13. The molecule has 1 aromatic carbocycles. The number of rotatable bonds is 7. The Morgan fingerprint density at radius 1 is 1.33 bits per heavy atom. The van der Waals surface area contributed by atoms with Gasteiger partial charge < -0.3 is 15.0 Å². The number of hydrogen-bond donors (Lipinski definition) is 1. The first kappa shape index (κ1) is 19.4. The number of carbonyl (C=O) groups excluding carboxylic acids is 1. The molecule has 146 valence electrons. The predicted molar refractivity (Wildman–Crippen MR) is 106 cm³/mol. The number of likely N-dealkylation sites (tertiary alicyclic amines) is 1. The molecule has 1 aromatic heterocycles. The van der Waals surface area contributed by atoms with E-state index in [1.54, 1.807) is 7.11 Å². The van der Waals surface area contributed by atoms with E-state index in [0.29, 0.717) is 6.42 Å². The van der Waals surface area contributed by atoms with E-state index in [4.69, 9.17) is 4.74 Å². The van der Waals surface area contributed by atoms with Gasteiger partial charge in [-0.25, -0.2) is 0 Å². The number of aryl methyl sites for hydroxylation is 1. The van der Waals surface area contributed by atoms with Crippen molar-refractivity contribution in [3.05, 3.63) is 47.3 Å². The Morgan fingerprint density at radius 2 is 2.07 bits per heavy atom. The van der Waals surface area contributed by atoms with Crippen LogP contribution in [-0.4, -0.2) is 47.3 Å². The summed E-state index contributed by atoms with van der Waals surface area (Å²) in [5, 5.41) is 8.00. The number of ether oxygens (including phenoxy) is 1.